The van der Waals surface area contributed by atoms with E-state index in [1.54, 1.807) is 0 Å². The highest BCUT2D eigenvalue weighted by Crippen LogP contribution is 2.18. The first kappa shape index (κ1) is 45.2. The molecule has 0 heterocycles. The molecule has 0 radical (unpaired) electrons. The average Bonchev–Trinajstić information content (AvgIpc) is 3.15. The molecule has 292 valence electrons. The van der Waals surface area contributed by atoms with Crippen molar-refractivity contribution in [3.05, 3.63) is 59.7 Å². The van der Waals surface area contributed by atoms with Gasteiger partial charge in [0.15, 0.2) is 0 Å². The molecular formula is C49H86N2. The monoisotopic (exact) mass is 703 g/mol. The molecule has 2 aromatic carbocycles. The van der Waals surface area contributed by atoms with Gasteiger partial charge in [0.1, 0.15) is 0 Å². The van der Waals surface area contributed by atoms with Crippen LogP contribution in [0.3, 0.4) is 0 Å². The van der Waals surface area contributed by atoms with Crippen LogP contribution in [0.5, 0.6) is 0 Å². The van der Waals surface area contributed by atoms with Crippen molar-refractivity contribution in [1.82, 2.24) is 0 Å². The minimum atomic E-state index is 0.999. The van der Waals surface area contributed by atoms with Crippen molar-refractivity contribution in [3.63, 3.8) is 0 Å². The smallest absolute Gasteiger partial charge is 0.0340 e. The molecule has 0 aliphatic carbocycles. The quantitative estimate of drug-likeness (QED) is 0.0681. The normalized spacial score (nSPS) is 11.3. The molecule has 0 saturated carbocycles. The van der Waals surface area contributed by atoms with Crippen molar-refractivity contribution < 1.29 is 0 Å². The largest absolute Gasteiger partial charge is 0.385 e. The molecule has 0 amide bonds. The van der Waals surface area contributed by atoms with Crippen molar-refractivity contribution in [3.8, 4) is 0 Å². The zero-order valence-electron chi connectivity index (χ0n) is 34.4. The Morgan fingerprint density at radius 3 is 0.725 bits per heavy atom. The predicted octanol–water partition coefficient (Wildman–Crippen LogP) is 16.6. The van der Waals surface area contributed by atoms with Gasteiger partial charge >= 0.3 is 0 Å². The fourth-order valence-corrected chi connectivity index (χ4v) is 7.53. The molecule has 0 unspecified atom stereocenters. The number of unbranched alkanes of at least 4 members (excludes halogenated alkanes) is 30. The van der Waals surface area contributed by atoms with Gasteiger partial charge in [-0.1, -0.05) is 231 Å². The molecule has 0 spiro atoms. The Balaban J connectivity index is 1.36. The van der Waals surface area contributed by atoms with Gasteiger partial charge in [-0.3, -0.25) is 0 Å². The number of rotatable bonds is 38. The van der Waals surface area contributed by atoms with E-state index in [2.05, 4.69) is 73.0 Å². The van der Waals surface area contributed by atoms with E-state index < -0.39 is 0 Å². The Bertz CT molecular complexity index is 885. The van der Waals surface area contributed by atoms with E-state index in [4.69, 9.17) is 0 Å². The van der Waals surface area contributed by atoms with Crippen molar-refractivity contribution in [2.75, 3.05) is 23.7 Å². The van der Waals surface area contributed by atoms with Crippen LogP contribution < -0.4 is 10.6 Å². The molecule has 2 N–H and O–H groups in total. The maximum atomic E-state index is 3.64. The van der Waals surface area contributed by atoms with Gasteiger partial charge in [-0.2, -0.15) is 0 Å². The summed E-state index contributed by atoms with van der Waals surface area (Å²) in [6.07, 6.45) is 46.6. The molecule has 0 aliphatic rings. The van der Waals surface area contributed by atoms with Gasteiger partial charge in [-0.05, 0) is 54.7 Å². The van der Waals surface area contributed by atoms with E-state index >= 15 is 0 Å². The summed E-state index contributed by atoms with van der Waals surface area (Å²) in [4.78, 5) is 0. The number of anilines is 2. The van der Waals surface area contributed by atoms with E-state index in [1.807, 2.05) is 0 Å². The van der Waals surface area contributed by atoms with Crippen molar-refractivity contribution in [2.24, 2.45) is 0 Å². The Labute approximate surface area is 319 Å². The second kappa shape index (κ2) is 35.1. The molecular weight excluding hydrogens is 617 g/mol. The van der Waals surface area contributed by atoms with Crippen LogP contribution in [0.15, 0.2) is 48.5 Å². The van der Waals surface area contributed by atoms with Gasteiger partial charge in [-0.25, -0.2) is 0 Å². The van der Waals surface area contributed by atoms with Gasteiger partial charge in [0, 0.05) is 24.5 Å². The molecule has 0 atom stereocenters. The van der Waals surface area contributed by atoms with Crippen LogP contribution in [0.2, 0.25) is 0 Å². The minimum absolute atomic E-state index is 0.999. The van der Waals surface area contributed by atoms with Crippen LogP contribution in [-0.4, -0.2) is 13.1 Å². The van der Waals surface area contributed by atoms with Crippen molar-refractivity contribution >= 4 is 11.4 Å². The van der Waals surface area contributed by atoms with Crippen LogP contribution in [0.1, 0.15) is 230 Å². The van der Waals surface area contributed by atoms with Crippen LogP contribution in [0, 0.1) is 0 Å². The summed E-state index contributed by atoms with van der Waals surface area (Å²) in [7, 11) is 0. The second-order valence-corrected chi connectivity index (χ2v) is 16.0. The summed E-state index contributed by atoms with van der Waals surface area (Å²) in [5.74, 6) is 0. The molecule has 0 fully saturated rings. The minimum Gasteiger partial charge on any atom is -0.385 e. The number of benzene rings is 2. The molecule has 0 aliphatic heterocycles. The Morgan fingerprint density at radius 2 is 0.490 bits per heavy atom. The highest BCUT2D eigenvalue weighted by Gasteiger charge is 2.01. The topological polar surface area (TPSA) is 24.1 Å². The molecule has 2 nitrogen and oxygen atoms in total. The van der Waals surface area contributed by atoms with Gasteiger partial charge in [-0.15, -0.1) is 0 Å². The van der Waals surface area contributed by atoms with Gasteiger partial charge in [0.05, 0.1) is 0 Å². The highest BCUT2D eigenvalue weighted by molar-refractivity contribution is 5.47. The third-order valence-corrected chi connectivity index (χ3v) is 11.0. The summed E-state index contributed by atoms with van der Waals surface area (Å²) < 4.78 is 0. The summed E-state index contributed by atoms with van der Waals surface area (Å²) in [5, 5.41) is 7.28. The lowest BCUT2D eigenvalue weighted by atomic mass is 10.0. The van der Waals surface area contributed by atoms with Crippen LogP contribution >= 0.6 is 0 Å². The summed E-state index contributed by atoms with van der Waals surface area (Å²) in [6, 6.07) is 18.2. The maximum Gasteiger partial charge on any atom is 0.0340 e. The Kier molecular flexibility index (Phi) is 31.1. The zero-order valence-corrected chi connectivity index (χ0v) is 34.4. The molecule has 2 aromatic rings. The van der Waals surface area contributed by atoms with Crippen LogP contribution in [0.25, 0.3) is 0 Å². The molecule has 0 saturated heterocycles. The summed E-state index contributed by atoms with van der Waals surface area (Å²) in [5.41, 5.74) is 5.29. The molecule has 2 rings (SSSR count). The third kappa shape index (κ3) is 28.2. The van der Waals surface area contributed by atoms with Crippen LogP contribution in [-0.2, 0) is 6.42 Å². The SMILES string of the molecule is CCCCCCCCCCCCCCCCCCNc1ccc(Cc2ccc(NCCCCCCCCCCCCCCCCCC)cc2)cc1. The van der Waals surface area contributed by atoms with Crippen LogP contribution in [0.4, 0.5) is 11.4 Å². The van der Waals surface area contributed by atoms with E-state index in [1.165, 1.54) is 228 Å². The van der Waals surface area contributed by atoms with Gasteiger partial charge in [0.25, 0.3) is 0 Å². The molecule has 0 aromatic heterocycles. The second-order valence-electron chi connectivity index (χ2n) is 16.0. The van der Waals surface area contributed by atoms with Gasteiger partial charge in [0.2, 0.25) is 0 Å². The highest BCUT2D eigenvalue weighted by atomic mass is 14.9. The molecule has 51 heavy (non-hydrogen) atoms. The lowest BCUT2D eigenvalue weighted by Gasteiger charge is -2.09. The van der Waals surface area contributed by atoms with E-state index in [0.29, 0.717) is 0 Å². The summed E-state index contributed by atoms with van der Waals surface area (Å²) >= 11 is 0. The molecule has 0 bridgehead atoms. The maximum absolute atomic E-state index is 3.64. The van der Waals surface area contributed by atoms with E-state index in [0.717, 1.165) is 19.5 Å². The Morgan fingerprint density at radius 1 is 0.275 bits per heavy atom. The van der Waals surface area contributed by atoms with Crippen molar-refractivity contribution in [2.45, 2.75) is 226 Å². The standard InChI is InChI=1S/C49H86N2/c1-3-5-7-9-11-13-15-17-19-21-23-25-27-29-31-33-43-50-48-39-35-46(36-40-48)45-47-37-41-49(42-38-47)51-44-34-32-30-28-26-24-22-20-18-16-14-12-10-8-6-4-2/h35-42,50-51H,3-34,43-45H2,1-2H3. The first-order valence-corrected chi connectivity index (χ1v) is 23.0. The first-order valence-electron chi connectivity index (χ1n) is 23.0. The molecule has 2 heteroatoms. The summed E-state index contributed by atoms with van der Waals surface area (Å²) in [6.45, 7) is 6.78. The first-order chi connectivity index (χ1) is 25.3. The van der Waals surface area contributed by atoms with E-state index in [-0.39, 0.29) is 0 Å². The predicted molar refractivity (Wildman–Crippen MR) is 232 cm³/mol. The number of hydrogen-bond acceptors (Lipinski definition) is 2. The van der Waals surface area contributed by atoms with Crippen molar-refractivity contribution in [1.29, 1.82) is 0 Å². The van der Waals surface area contributed by atoms with Gasteiger partial charge < -0.3 is 10.6 Å². The number of nitrogens with one attached hydrogen (secondary N) is 2. The average molecular weight is 703 g/mol. The Hall–Kier alpha value is -1.96. The van der Waals surface area contributed by atoms with E-state index in [9.17, 15) is 0 Å². The lowest BCUT2D eigenvalue weighted by molar-refractivity contribution is 0.530. The fraction of sp³-hybridized carbons (Fsp3) is 0.755. The zero-order chi connectivity index (χ0) is 36.1. The number of hydrogen-bond donors (Lipinski definition) is 2. The fourth-order valence-electron chi connectivity index (χ4n) is 7.53. The lowest BCUT2D eigenvalue weighted by Crippen LogP contribution is -2.02. The third-order valence-electron chi connectivity index (χ3n) is 11.0.